The largest absolute Gasteiger partial charge is 0.340 e. The first-order valence-corrected chi connectivity index (χ1v) is 9.11. The van der Waals surface area contributed by atoms with Crippen molar-refractivity contribution in [1.29, 1.82) is 0 Å². The Morgan fingerprint density at radius 3 is 2.20 bits per heavy atom. The van der Waals surface area contributed by atoms with Gasteiger partial charge in [0.1, 0.15) is 0 Å². The van der Waals surface area contributed by atoms with Crippen molar-refractivity contribution in [2.45, 2.75) is 26.7 Å². The van der Waals surface area contributed by atoms with Crippen LogP contribution in [0.25, 0.3) is 0 Å². The van der Waals surface area contributed by atoms with Crippen LogP contribution in [0.5, 0.6) is 0 Å². The molecule has 0 bridgehead atoms. The summed E-state index contributed by atoms with van der Waals surface area (Å²) in [4.78, 5) is 29.0. The Hall–Kier alpha value is -1.92. The normalized spacial score (nSPS) is 15.9. The second kappa shape index (κ2) is 8.97. The maximum absolute atomic E-state index is 12.8. The Kier molecular flexibility index (Phi) is 6.96. The Morgan fingerprint density at radius 2 is 1.68 bits per heavy atom. The summed E-state index contributed by atoms with van der Waals surface area (Å²) < 4.78 is 0. The molecule has 1 aliphatic heterocycles. The molecular formula is C19H30N4O2. The summed E-state index contributed by atoms with van der Waals surface area (Å²) in [6, 6.07) is 9.45. The number of hydrogen-bond acceptors (Lipinski definition) is 4. The average Bonchev–Trinajstić information content (AvgIpc) is 2.65. The summed E-state index contributed by atoms with van der Waals surface area (Å²) >= 11 is 0. The van der Waals surface area contributed by atoms with Crippen LogP contribution < -0.4 is 11.1 Å². The Balaban J connectivity index is 1.83. The fraction of sp³-hybridized carbons (Fsp3) is 0.579. The van der Waals surface area contributed by atoms with E-state index in [9.17, 15) is 9.59 Å². The summed E-state index contributed by atoms with van der Waals surface area (Å²) in [7, 11) is 0. The minimum absolute atomic E-state index is 0.0237. The molecular weight excluding hydrogens is 316 g/mol. The van der Waals surface area contributed by atoms with Gasteiger partial charge in [-0.05, 0) is 25.0 Å². The number of piperazine rings is 1. The minimum atomic E-state index is -0.438. The number of nitrogens with two attached hydrogens (primary N) is 1. The summed E-state index contributed by atoms with van der Waals surface area (Å²) in [5.41, 5.74) is 6.26. The minimum Gasteiger partial charge on any atom is -0.340 e. The van der Waals surface area contributed by atoms with E-state index in [0.717, 1.165) is 18.5 Å². The van der Waals surface area contributed by atoms with E-state index in [1.807, 2.05) is 49.1 Å². The van der Waals surface area contributed by atoms with Crippen molar-refractivity contribution in [3.8, 4) is 0 Å². The van der Waals surface area contributed by atoms with Crippen molar-refractivity contribution < 1.29 is 9.59 Å². The van der Waals surface area contributed by atoms with Gasteiger partial charge >= 0.3 is 0 Å². The summed E-state index contributed by atoms with van der Waals surface area (Å²) in [5.74, 6) is 0.137. The third-order valence-electron chi connectivity index (χ3n) is 5.28. The van der Waals surface area contributed by atoms with Gasteiger partial charge in [0.05, 0.1) is 12.0 Å². The Bertz CT molecular complexity index is 556. The van der Waals surface area contributed by atoms with E-state index in [4.69, 9.17) is 5.73 Å². The van der Waals surface area contributed by atoms with Crippen molar-refractivity contribution >= 4 is 17.5 Å². The van der Waals surface area contributed by atoms with Gasteiger partial charge in [-0.15, -0.1) is 0 Å². The second-order valence-corrected chi connectivity index (χ2v) is 6.67. The molecule has 1 aromatic rings. The summed E-state index contributed by atoms with van der Waals surface area (Å²) in [6.45, 7) is 7.51. The summed E-state index contributed by atoms with van der Waals surface area (Å²) in [6.07, 6.45) is 1.52. The van der Waals surface area contributed by atoms with Crippen molar-refractivity contribution in [3.05, 3.63) is 30.3 Å². The molecule has 2 amide bonds. The van der Waals surface area contributed by atoms with Gasteiger partial charge in [0.25, 0.3) is 0 Å². The van der Waals surface area contributed by atoms with Crippen LogP contribution in [0.2, 0.25) is 0 Å². The zero-order valence-corrected chi connectivity index (χ0v) is 15.3. The maximum atomic E-state index is 12.8. The third-order valence-corrected chi connectivity index (χ3v) is 5.28. The lowest BCUT2D eigenvalue weighted by Gasteiger charge is -2.40. The first kappa shape index (κ1) is 19.4. The van der Waals surface area contributed by atoms with Gasteiger partial charge in [0.2, 0.25) is 11.8 Å². The van der Waals surface area contributed by atoms with E-state index in [1.165, 1.54) is 0 Å². The van der Waals surface area contributed by atoms with E-state index in [-0.39, 0.29) is 11.8 Å². The van der Waals surface area contributed by atoms with Crippen LogP contribution in [0.1, 0.15) is 26.7 Å². The van der Waals surface area contributed by atoms with Crippen LogP contribution in [-0.4, -0.2) is 60.9 Å². The predicted molar refractivity (Wildman–Crippen MR) is 100 cm³/mol. The molecule has 1 aromatic carbocycles. The van der Waals surface area contributed by atoms with Crippen LogP contribution in [0.4, 0.5) is 5.69 Å². The molecule has 0 spiro atoms. The number of amides is 2. The van der Waals surface area contributed by atoms with E-state index in [1.54, 1.807) is 0 Å². The molecule has 6 heteroatoms. The fourth-order valence-corrected chi connectivity index (χ4v) is 3.30. The molecule has 1 heterocycles. The van der Waals surface area contributed by atoms with Crippen LogP contribution >= 0.6 is 0 Å². The highest BCUT2D eigenvalue weighted by atomic mass is 16.2. The van der Waals surface area contributed by atoms with Crippen LogP contribution in [-0.2, 0) is 9.59 Å². The van der Waals surface area contributed by atoms with E-state index < -0.39 is 5.41 Å². The molecule has 1 fully saturated rings. The zero-order chi connectivity index (χ0) is 18.3. The molecule has 0 saturated carbocycles. The number of carbonyl (C=O) groups is 2. The predicted octanol–water partition coefficient (Wildman–Crippen LogP) is 1.53. The van der Waals surface area contributed by atoms with Gasteiger partial charge in [-0.3, -0.25) is 14.5 Å². The SMILES string of the molecule is CCC(CC)(CN)C(=O)N1CCN(CC(=O)Nc2ccccc2)CC1. The molecule has 0 aromatic heterocycles. The van der Waals surface area contributed by atoms with Gasteiger partial charge in [-0.2, -0.15) is 0 Å². The highest BCUT2D eigenvalue weighted by Gasteiger charge is 2.37. The number of nitrogens with zero attached hydrogens (tertiary/aromatic N) is 2. The highest BCUT2D eigenvalue weighted by Crippen LogP contribution is 2.28. The van der Waals surface area contributed by atoms with Gasteiger partial charge in [-0.1, -0.05) is 32.0 Å². The van der Waals surface area contributed by atoms with Crippen LogP contribution in [0, 0.1) is 5.41 Å². The van der Waals surface area contributed by atoms with E-state index in [0.29, 0.717) is 39.3 Å². The smallest absolute Gasteiger partial charge is 0.238 e. The quantitative estimate of drug-likeness (QED) is 0.785. The molecule has 138 valence electrons. The molecule has 1 aliphatic rings. The monoisotopic (exact) mass is 346 g/mol. The van der Waals surface area contributed by atoms with Gasteiger partial charge in [0.15, 0.2) is 0 Å². The van der Waals surface area contributed by atoms with E-state index in [2.05, 4.69) is 10.2 Å². The number of carbonyl (C=O) groups excluding carboxylic acids is 2. The number of hydrogen-bond donors (Lipinski definition) is 2. The van der Waals surface area contributed by atoms with Crippen LogP contribution in [0.3, 0.4) is 0 Å². The van der Waals surface area contributed by atoms with Gasteiger partial charge in [-0.25, -0.2) is 0 Å². The lowest BCUT2D eigenvalue weighted by atomic mass is 9.81. The van der Waals surface area contributed by atoms with Crippen molar-refractivity contribution in [2.75, 3.05) is 44.6 Å². The molecule has 25 heavy (non-hydrogen) atoms. The maximum Gasteiger partial charge on any atom is 0.238 e. The molecule has 0 unspecified atom stereocenters. The lowest BCUT2D eigenvalue weighted by Crippen LogP contribution is -2.55. The highest BCUT2D eigenvalue weighted by molar-refractivity contribution is 5.92. The first-order valence-electron chi connectivity index (χ1n) is 9.11. The average molecular weight is 346 g/mol. The lowest BCUT2D eigenvalue weighted by molar-refractivity contribution is -0.144. The van der Waals surface area contributed by atoms with E-state index >= 15 is 0 Å². The number of anilines is 1. The molecule has 2 rings (SSSR count). The van der Waals surface area contributed by atoms with Crippen molar-refractivity contribution in [1.82, 2.24) is 9.80 Å². The number of nitrogens with one attached hydrogen (secondary N) is 1. The standard InChI is InChI=1S/C19H30N4O2/c1-3-19(4-2,15-20)18(25)23-12-10-22(11-13-23)14-17(24)21-16-8-6-5-7-9-16/h5-9H,3-4,10-15,20H2,1-2H3,(H,21,24). The molecule has 6 nitrogen and oxygen atoms in total. The molecule has 3 N–H and O–H groups in total. The van der Waals surface area contributed by atoms with Crippen molar-refractivity contribution in [3.63, 3.8) is 0 Å². The Labute approximate surface area is 150 Å². The zero-order valence-electron chi connectivity index (χ0n) is 15.3. The number of rotatable bonds is 7. The molecule has 0 aliphatic carbocycles. The third kappa shape index (κ3) is 4.80. The number of para-hydroxylation sites is 1. The van der Waals surface area contributed by atoms with Crippen LogP contribution in [0.15, 0.2) is 30.3 Å². The molecule has 0 atom stereocenters. The Morgan fingerprint density at radius 1 is 1.08 bits per heavy atom. The fourth-order valence-electron chi connectivity index (χ4n) is 3.30. The molecule has 1 saturated heterocycles. The topological polar surface area (TPSA) is 78.7 Å². The van der Waals surface area contributed by atoms with Crippen molar-refractivity contribution in [2.24, 2.45) is 11.1 Å². The van der Waals surface area contributed by atoms with Gasteiger partial charge < -0.3 is 16.0 Å². The number of benzene rings is 1. The summed E-state index contributed by atoms with van der Waals surface area (Å²) in [5, 5.41) is 2.90. The molecule has 0 radical (unpaired) electrons. The second-order valence-electron chi connectivity index (χ2n) is 6.67. The first-order chi connectivity index (χ1) is 12.0. The van der Waals surface area contributed by atoms with Gasteiger partial charge in [0, 0.05) is 38.4 Å².